The second-order valence-electron chi connectivity index (χ2n) is 4.98. The molecule has 0 N–H and O–H groups in total. The van der Waals surface area contributed by atoms with Crippen LogP contribution in [0.25, 0.3) is 0 Å². The van der Waals surface area contributed by atoms with Gasteiger partial charge < -0.3 is 0 Å². The molecule has 2 aromatic rings. The van der Waals surface area contributed by atoms with Gasteiger partial charge in [-0.1, -0.05) is 6.92 Å². The van der Waals surface area contributed by atoms with Crippen LogP contribution < -0.4 is 0 Å². The Morgan fingerprint density at radius 1 is 1.15 bits per heavy atom. The van der Waals surface area contributed by atoms with E-state index in [2.05, 4.69) is 45.7 Å². The molecule has 0 radical (unpaired) electrons. The first-order valence-electron chi connectivity index (χ1n) is 6.95. The van der Waals surface area contributed by atoms with Crippen LogP contribution in [0.15, 0.2) is 30.9 Å². The third-order valence-electron chi connectivity index (χ3n) is 3.36. The SMILES string of the molecule is CCc1nccc(CN(C)[C@@H](C)Cc2cnccn2)n1. The molecule has 0 amide bonds. The zero-order chi connectivity index (χ0) is 14.4. The monoisotopic (exact) mass is 271 g/mol. The van der Waals surface area contributed by atoms with E-state index in [4.69, 9.17) is 0 Å². The number of likely N-dealkylation sites (N-methyl/N-ethyl adjacent to an activating group) is 1. The van der Waals surface area contributed by atoms with Gasteiger partial charge in [0, 0.05) is 50.2 Å². The second kappa shape index (κ2) is 7.05. The third kappa shape index (κ3) is 4.06. The van der Waals surface area contributed by atoms with Crippen molar-refractivity contribution in [3.63, 3.8) is 0 Å². The molecule has 106 valence electrons. The van der Waals surface area contributed by atoms with Crippen LogP contribution >= 0.6 is 0 Å². The summed E-state index contributed by atoms with van der Waals surface area (Å²) >= 11 is 0. The molecule has 5 heteroatoms. The summed E-state index contributed by atoms with van der Waals surface area (Å²) in [5, 5.41) is 0. The Morgan fingerprint density at radius 2 is 2.00 bits per heavy atom. The van der Waals surface area contributed by atoms with Gasteiger partial charge in [0.1, 0.15) is 5.82 Å². The summed E-state index contributed by atoms with van der Waals surface area (Å²) in [6, 6.07) is 2.36. The van der Waals surface area contributed by atoms with Gasteiger partial charge in [-0.15, -0.1) is 0 Å². The molecule has 0 spiro atoms. The Balaban J connectivity index is 1.95. The zero-order valence-corrected chi connectivity index (χ0v) is 12.3. The minimum Gasteiger partial charge on any atom is -0.297 e. The fourth-order valence-electron chi connectivity index (χ4n) is 2.00. The average molecular weight is 271 g/mol. The lowest BCUT2D eigenvalue weighted by Crippen LogP contribution is -2.31. The molecule has 2 rings (SSSR count). The van der Waals surface area contributed by atoms with Crippen molar-refractivity contribution in [2.75, 3.05) is 7.05 Å². The Kier molecular flexibility index (Phi) is 5.12. The normalized spacial score (nSPS) is 12.6. The maximum atomic E-state index is 4.54. The van der Waals surface area contributed by atoms with E-state index in [0.29, 0.717) is 6.04 Å². The van der Waals surface area contributed by atoms with Crippen LogP contribution in [0.4, 0.5) is 0 Å². The molecule has 0 fully saturated rings. The van der Waals surface area contributed by atoms with Crippen molar-refractivity contribution in [3.8, 4) is 0 Å². The predicted molar refractivity (Wildman–Crippen MR) is 78.1 cm³/mol. The van der Waals surface area contributed by atoms with E-state index in [1.807, 2.05) is 18.5 Å². The number of rotatable bonds is 6. The van der Waals surface area contributed by atoms with E-state index in [9.17, 15) is 0 Å². The molecule has 2 aromatic heterocycles. The fourth-order valence-corrected chi connectivity index (χ4v) is 2.00. The topological polar surface area (TPSA) is 54.8 Å². The number of hydrogen-bond donors (Lipinski definition) is 0. The lowest BCUT2D eigenvalue weighted by molar-refractivity contribution is 0.243. The summed E-state index contributed by atoms with van der Waals surface area (Å²) < 4.78 is 0. The van der Waals surface area contributed by atoms with E-state index in [0.717, 1.165) is 36.6 Å². The first-order chi connectivity index (χ1) is 9.69. The number of nitrogens with zero attached hydrogens (tertiary/aromatic N) is 5. The number of aromatic nitrogens is 4. The van der Waals surface area contributed by atoms with Crippen LogP contribution in [0, 0.1) is 0 Å². The molecule has 1 atom stereocenters. The molecule has 0 unspecified atom stereocenters. The maximum Gasteiger partial charge on any atom is 0.128 e. The van der Waals surface area contributed by atoms with E-state index in [-0.39, 0.29) is 0 Å². The van der Waals surface area contributed by atoms with Gasteiger partial charge in [0.15, 0.2) is 0 Å². The van der Waals surface area contributed by atoms with Crippen LogP contribution in [-0.4, -0.2) is 37.9 Å². The highest BCUT2D eigenvalue weighted by molar-refractivity contribution is 5.03. The third-order valence-corrected chi connectivity index (χ3v) is 3.36. The quantitative estimate of drug-likeness (QED) is 0.803. The van der Waals surface area contributed by atoms with Crippen LogP contribution in [0.3, 0.4) is 0 Å². The van der Waals surface area contributed by atoms with Gasteiger partial charge in [-0.2, -0.15) is 0 Å². The minimum absolute atomic E-state index is 0.381. The van der Waals surface area contributed by atoms with E-state index in [1.165, 1.54) is 0 Å². The Morgan fingerprint density at radius 3 is 2.70 bits per heavy atom. The highest BCUT2D eigenvalue weighted by Gasteiger charge is 2.12. The second-order valence-corrected chi connectivity index (χ2v) is 4.98. The van der Waals surface area contributed by atoms with Crippen LogP contribution in [-0.2, 0) is 19.4 Å². The largest absolute Gasteiger partial charge is 0.297 e. The van der Waals surface area contributed by atoms with Crippen molar-refractivity contribution in [2.24, 2.45) is 0 Å². The van der Waals surface area contributed by atoms with Crippen molar-refractivity contribution in [1.82, 2.24) is 24.8 Å². The van der Waals surface area contributed by atoms with Gasteiger partial charge in [0.05, 0.1) is 11.4 Å². The van der Waals surface area contributed by atoms with Crippen LogP contribution in [0.5, 0.6) is 0 Å². The van der Waals surface area contributed by atoms with Crippen molar-refractivity contribution in [3.05, 3.63) is 48.1 Å². The summed E-state index contributed by atoms with van der Waals surface area (Å²) in [7, 11) is 2.11. The average Bonchev–Trinajstić information content (AvgIpc) is 2.48. The van der Waals surface area contributed by atoms with Crippen molar-refractivity contribution in [2.45, 2.75) is 39.3 Å². The molecule has 0 aliphatic rings. The van der Waals surface area contributed by atoms with Gasteiger partial charge in [-0.25, -0.2) is 9.97 Å². The molecule has 0 bridgehead atoms. The molecular weight excluding hydrogens is 250 g/mol. The highest BCUT2D eigenvalue weighted by Crippen LogP contribution is 2.08. The standard InChI is InChI=1S/C15H21N5/c1-4-15-18-6-5-13(19-15)11-20(3)12(2)9-14-10-16-7-8-17-14/h5-8,10,12H,4,9,11H2,1-3H3/t12-/m0/s1. The van der Waals surface area contributed by atoms with E-state index in [1.54, 1.807) is 12.4 Å². The molecule has 0 saturated carbocycles. The molecule has 0 aliphatic heterocycles. The fraction of sp³-hybridized carbons (Fsp3) is 0.467. The summed E-state index contributed by atoms with van der Waals surface area (Å²) in [6.07, 6.45) is 8.85. The summed E-state index contributed by atoms with van der Waals surface area (Å²) in [5.41, 5.74) is 2.08. The van der Waals surface area contributed by atoms with E-state index < -0.39 is 0 Å². The molecule has 0 aromatic carbocycles. The van der Waals surface area contributed by atoms with Crippen LogP contribution in [0.2, 0.25) is 0 Å². The predicted octanol–water partition coefficient (Wildman–Crippen LogP) is 1.89. The van der Waals surface area contributed by atoms with Gasteiger partial charge in [-0.05, 0) is 20.0 Å². The lowest BCUT2D eigenvalue weighted by atomic mass is 10.1. The minimum atomic E-state index is 0.381. The van der Waals surface area contributed by atoms with Crippen molar-refractivity contribution >= 4 is 0 Å². The zero-order valence-electron chi connectivity index (χ0n) is 12.3. The first kappa shape index (κ1) is 14.5. The molecule has 0 aliphatic carbocycles. The van der Waals surface area contributed by atoms with E-state index >= 15 is 0 Å². The Hall–Kier alpha value is -1.88. The highest BCUT2D eigenvalue weighted by atomic mass is 15.1. The molecule has 2 heterocycles. The van der Waals surface area contributed by atoms with Crippen molar-refractivity contribution < 1.29 is 0 Å². The van der Waals surface area contributed by atoms with Crippen LogP contribution in [0.1, 0.15) is 31.1 Å². The first-order valence-corrected chi connectivity index (χ1v) is 6.95. The molecule has 5 nitrogen and oxygen atoms in total. The van der Waals surface area contributed by atoms with Gasteiger partial charge >= 0.3 is 0 Å². The smallest absolute Gasteiger partial charge is 0.128 e. The number of hydrogen-bond acceptors (Lipinski definition) is 5. The molecule has 20 heavy (non-hydrogen) atoms. The summed E-state index contributed by atoms with van der Waals surface area (Å²) in [5.74, 6) is 0.900. The Labute approximate surface area is 120 Å². The summed E-state index contributed by atoms with van der Waals surface area (Å²) in [4.78, 5) is 19.5. The van der Waals surface area contributed by atoms with Gasteiger partial charge in [-0.3, -0.25) is 14.9 Å². The molecular formula is C15H21N5. The maximum absolute atomic E-state index is 4.54. The molecule has 0 saturated heterocycles. The summed E-state index contributed by atoms with van der Waals surface area (Å²) in [6.45, 7) is 5.08. The van der Waals surface area contributed by atoms with Crippen molar-refractivity contribution in [1.29, 1.82) is 0 Å². The Bertz CT molecular complexity index is 529. The lowest BCUT2D eigenvalue weighted by Gasteiger charge is -2.24. The van der Waals surface area contributed by atoms with Gasteiger partial charge in [0.2, 0.25) is 0 Å². The number of aryl methyl sites for hydroxylation is 1. The van der Waals surface area contributed by atoms with Gasteiger partial charge in [0.25, 0.3) is 0 Å².